The normalized spacial score (nSPS) is 55.8. The minimum absolute atomic E-state index is 0.319. The van der Waals surface area contributed by atoms with Crippen molar-refractivity contribution < 1.29 is 4.79 Å². The Kier molecular flexibility index (Phi) is 0.715. The molecule has 1 amide bonds. The van der Waals surface area contributed by atoms with Gasteiger partial charge in [-0.15, -0.1) is 0 Å². The molecule has 3 rings (SSSR count). The lowest BCUT2D eigenvalue weighted by atomic mass is 9.74. The molecule has 1 heterocycles. The van der Waals surface area contributed by atoms with Crippen molar-refractivity contribution in [2.24, 2.45) is 17.8 Å². The molecule has 2 aliphatic carbocycles. The lowest BCUT2D eigenvalue weighted by Gasteiger charge is -2.38. The molecule has 3 fully saturated rings. The predicted octanol–water partition coefficient (Wildman–Crippen LogP) is 0.531. The van der Waals surface area contributed by atoms with Gasteiger partial charge in [0, 0.05) is 6.04 Å². The Morgan fingerprint density at radius 1 is 1.40 bits per heavy atom. The van der Waals surface area contributed by atoms with E-state index in [1.807, 2.05) is 0 Å². The zero-order valence-corrected chi connectivity index (χ0v) is 5.84. The van der Waals surface area contributed by atoms with Crippen LogP contribution in [0.15, 0.2) is 0 Å². The Morgan fingerprint density at radius 2 is 2.30 bits per heavy atom. The molecule has 0 spiro atoms. The highest BCUT2D eigenvalue weighted by atomic mass is 16.2. The second kappa shape index (κ2) is 1.39. The molecule has 1 aliphatic heterocycles. The minimum atomic E-state index is 0.319. The van der Waals surface area contributed by atoms with Crippen molar-refractivity contribution in [3.8, 4) is 0 Å². The Hall–Kier alpha value is -0.530. The van der Waals surface area contributed by atoms with Gasteiger partial charge in [-0.1, -0.05) is 0 Å². The summed E-state index contributed by atoms with van der Waals surface area (Å²) in [7, 11) is 0. The fourth-order valence-corrected chi connectivity index (χ4v) is 2.78. The Morgan fingerprint density at radius 3 is 2.80 bits per heavy atom. The van der Waals surface area contributed by atoms with Crippen molar-refractivity contribution >= 4 is 5.91 Å². The van der Waals surface area contributed by atoms with Crippen LogP contribution in [0.5, 0.6) is 0 Å². The summed E-state index contributed by atoms with van der Waals surface area (Å²) in [5, 5.41) is 3.00. The van der Waals surface area contributed by atoms with Crippen LogP contribution in [0.25, 0.3) is 0 Å². The van der Waals surface area contributed by atoms with Crippen LogP contribution in [0.2, 0.25) is 0 Å². The largest absolute Gasteiger partial charge is 0.352 e. The lowest BCUT2D eigenvalue weighted by Crippen LogP contribution is -2.58. The van der Waals surface area contributed by atoms with Crippen molar-refractivity contribution in [2.45, 2.75) is 25.3 Å². The summed E-state index contributed by atoms with van der Waals surface area (Å²) in [5.41, 5.74) is 0. The van der Waals surface area contributed by atoms with Gasteiger partial charge < -0.3 is 5.32 Å². The molecule has 0 bridgehead atoms. The maximum Gasteiger partial charge on any atom is 0.225 e. The standard InChI is InChI=1S/C8H11NO/c10-8-6-3-4-1-2-5(4)7(6)9-8/h4-7H,1-3H2,(H,9,10)/t4-,5-,6+,7+/m0/s1. The third-order valence-corrected chi connectivity index (χ3v) is 3.57. The first-order chi connectivity index (χ1) is 4.86. The Bertz CT molecular complexity index is 201. The molecule has 0 radical (unpaired) electrons. The number of β-lactam (4-membered cyclic amide) rings is 1. The summed E-state index contributed by atoms with van der Waals surface area (Å²) in [6.45, 7) is 0. The molecule has 3 aliphatic rings. The molecule has 1 saturated heterocycles. The van der Waals surface area contributed by atoms with Crippen LogP contribution in [-0.4, -0.2) is 11.9 Å². The molecule has 0 aromatic rings. The molecule has 2 heteroatoms. The van der Waals surface area contributed by atoms with Crippen LogP contribution in [-0.2, 0) is 4.79 Å². The monoisotopic (exact) mass is 137 g/mol. The van der Waals surface area contributed by atoms with E-state index in [-0.39, 0.29) is 0 Å². The summed E-state index contributed by atoms with van der Waals surface area (Å²) in [4.78, 5) is 10.9. The van der Waals surface area contributed by atoms with E-state index in [2.05, 4.69) is 5.32 Å². The number of hydrogen-bond donors (Lipinski definition) is 1. The maximum atomic E-state index is 10.9. The van der Waals surface area contributed by atoms with E-state index in [4.69, 9.17) is 0 Å². The number of hydrogen-bond acceptors (Lipinski definition) is 1. The van der Waals surface area contributed by atoms with Crippen molar-refractivity contribution in [3.05, 3.63) is 0 Å². The van der Waals surface area contributed by atoms with E-state index in [9.17, 15) is 4.79 Å². The van der Waals surface area contributed by atoms with E-state index in [1.165, 1.54) is 19.3 Å². The van der Waals surface area contributed by atoms with Crippen LogP contribution < -0.4 is 5.32 Å². The first kappa shape index (κ1) is 5.16. The van der Waals surface area contributed by atoms with E-state index >= 15 is 0 Å². The fraction of sp³-hybridized carbons (Fsp3) is 0.875. The van der Waals surface area contributed by atoms with Crippen molar-refractivity contribution in [3.63, 3.8) is 0 Å². The number of rotatable bonds is 0. The second-order valence-corrected chi connectivity index (χ2v) is 3.88. The maximum absolute atomic E-state index is 10.9. The minimum Gasteiger partial charge on any atom is -0.352 e. The molecule has 2 saturated carbocycles. The second-order valence-electron chi connectivity index (χ2n) is 3.88. The Balaban J connectivity index is 1.88. The van der Waals surface area contributed by atoms with Gasteiger partial charge in [0.25, 0.3) is 0 Å². The first-order valence-corrected chi connectivity index (χ1v) is 4.16. The van der Waals surface area contributed by atoms with Crippen molar-refractivity contribution in [2.75, 3.05) is 0 Å². The summed E-state index contributed by atoms with van der Waals surface area (Å²) in [6, 6.07) is 0.603. The molecule has 0 aromatic heterocycles. The summed E-state index contributed by atoms with van der Waals surface area (Å²) in [5.74, 6) is 2.54. The number of nitrogens with one attached hydrogen (secondary N) is 1. The highest BCUT2D eigenvalue weighted by Gasteiger charge is 2.56. The highest BCUT2D eigenvalue weighted by molar-refractivity contribution is 5.86. The van der Waals surface area contributed by atoms with Crippen molar-refractivity contribution in [1.29, 1.82) is 0 Å². The average molecular weight is 137 g/mol. The fourth-order valence-electron chi connectivity index (χ4n) is 2.78. The van der Waals surface area contributed by atoms with Gasteiger partial charge in [0.05, 0.1) is 5.92 Å². The van der Waals surface area contributed by atoms with E-state index in [0.717, 1.165) is 11.8 Å². The third-order valence-electron chi connectivity index (χ3n) is 3.57. The smallest absolute Gasteiger partial charge is 0.225 e. The lowest BCUT2D eigenvalue weighted by molar-refractivity contribution is -0.134. The van der Waals surface area contributed by atoms with Gasteiger partial charge in [-0.3, -0.25) is 4.79 Å². The SMILES string of the molecule is O=C1N[C@@H]2[C@H]3CC[C@H]3C[C@@H]12. The molecule has 0 aromatic carbocycles. The van der Waals surface area contributed by atoms with Gasteiger partial charge >= 0.3 is 0 Å². The Labute approximate surface area is 60.0 Å². The van der Waals surface area contributed by atoms with Gasteiger partial charge in [0.2, 0.25) is 5.91 Å². The number of carbonyl (C=O) groups excluding carboxylic acids is 1. The third kappa shape index (κ3) is 0.386. The predicted molar refractivity (Wildman–Crippen MR) is 36.3 cm³/mol. The van der Waals surface area contributed by atoms with Gasteiger partial charge in [-0.05, 0) is 31.1 Å². The quantitative estimate of drug-likeness (QED) is 0.485. The molecular weight excluding hydrogens is 126 g/mol. The molecule has 0 unspecified atom stereocenters. The van der Waals surface area contributed by atoms with E-state index in [1.54, 1.807) is 0 Å². The molecule has 10 heavy (non-hydrogen) atoms. The summed E-state index contributed by atoms with van der Waals surface area (Å²) in [6.07, 6.45) is 3.94. The van der Waals surface area contributed by atoms with Crippen LogP contribution in [0.3, 0.4) is 0 Å². The summed E-state index contributed by atoms with van der Waals surface area (Å²) < 4.78 is 0. The molecule has 2 nitrogen and oxygen atoms in total. The van der Waals surface area contributed by atoms with Crippen molar-refractivity contribution in [1.82, 2.24) is 5.32 Å². The van der Waals surface area contributed by atoms with E-state index in [0.29, 0.717) is 17.9 Å². The number of amides is 1. The zero-order chi connectivity index (χ0) is 6.72. The van der Waals surface area contributed by atoms with E-state index < -0.39 is 0 Å². The topological polar surface area (TPSA) is 29.1 Å². The summed E-state index contributed by atoms with van der Waals surface area (Å²) >= 11 is 0. The van der Waals surface area contributed by atoms with Crippen LogP contribution in [0.4, 0.5) is 0 Å². The molecule has 54 valence electrons. The highest BCUT2D eigenvalue weighted by Crippen LogP contribution is 2.52. The van der Waals surface area contributed by atoms with Crippen LogP contribution in [0, 0.1) is 17.8 Å². The number of fused-ring (bicyclic) bond motifs is 3. The first-order valence-electron chi connectivity index (χ1n) is 4.16. The van der Waals surface area contributed by atoms with Gasteiger partial charge in [0.15, 0.2) is 0 Å². The average Bonchev–Trinajstić information content (AvgIpc) is 2.01. The van der Waals surface area contributed by atoms with Crippen LogP contribution >= 0.6 is 0 Å². The molecular formula is C8H11NO. The zero-order valence-electron chi connectivity index (χ0n) is 5.84. The van der Waals surface area contributed by atoms with Gasteiger partial charge in [-0.2, -0.15) is 0 Å². The number of carbonyl (C=O) groups is 1. The van der Waals surface area contributed by atoms with Crippen LogP contribution in [0.1, 0.15) is 19.3 Å². The van der Waals surface area contributed by atoms with Gasteiger partial charge in [0.1, 0.15) is 0 Å². The molecule has 4 atom stereocenters. The van der Waals surface area contributed by atoms with Gasteiger partial charge in [-0.25, -0.2) is 0 Å². The molecule has 1 N–H and O–H groups in total.